The average Bonchev–Trinajstić information content (AvgIpc) is 3.38. The molecule has 3 aliphatic rings. The van der Waals surface area contributed by atoms with Gasteiger partial charge in [-0.15, -0.1) is 0 Å². The summed E-state index contributed by atoms with van der Waals surface area (Å²) in [6.07, 6.45) is 0.0186. The maximum absolute atomic E-state index is 13.4. The monoisotopic (exact) mass is 380 g/mol. The van der Waals surface area contributed by atoms with E-state index in [0.717, 1.165) is 37.6 Å². The van der Waals surface area contributed by atoms with Crippen molar-refractivity contribution in [1.82, 2.24) is 19.7 Å². The second-order valence-corrected chi connectivity index (χ2v) is 7.42. The molecule has 1 aliphatic heterocycles. The number of fused-ring (bicyclic) bond motifs is 4. The minimum absolute atomic E-state index is 0.0925. The number of halogens is 3. The number of ether oxygens (including phenoxy) is 1. The number of nitrogens with one attached hydrogen (secondary N) is 2. The number of hydrogen-bond acceptors (Lipinski definition) is 6. The van der Waals surface area contributed by atoms with Crippen molar-refractivity contribution in [1.29, 1.82) is 0 Å². The molecule has 3 heterocycles. The zero-order chi connectivity index (χ0) is 18.8. The van der Waals surface area contributed by atoms with E-state index in [2.05, 4.69) is 25.7 Å². The summed E-state index contributed by atoms with van der Waals surface area (Å²) in [5.41, 5.74) is -0.106. The van der Waals surface area contributed by atoms with Crippen molar-refractivity contribution in [2.45, 2.75) is 50.9 Å². The van der Waals surface area contributed by atoms with Crippen LogP contribution in [0.1, 0.15) is 43.0 Å². The molecule has 5 rings (SSSR count). The van der Waals surface area contributed by atoms with Gasteiger partial charge in [0.25, 0.3) is 0 Å². The van der Waals surface area contributed by atoms with Crippen LogP contribution in [0.3, 0.4) is 0 Å². The molecule has 2 N–H and O–H groups in total. The Balaban J connectivity index is 1.61. The highest BCUT2D eigenvalue weighted by Crippen LogP contribution is 2.44. The van der Waals surface area contributed by atoms with E-state index >= 15 is 0 Å². The van der Waals surface area contributed by atoms with Crippen LogP contribution in [0.15, 0.2) is 6.20 Å². The van der Waals surface area contributed by atoms with Gasteiger partial charge in [0.15, 0.2) is 11.6 Å². The van der Waals surface area contributed by atoms with Gasteiger partial charge in [-0.2, -0.15) is 23.3 Å². The first-order chi connectivity index (χ1) is 12.9. The largest absolute Gasteiger partial charge is 0.487 e. The highest BCUT2D eigenvalue weighted by molar-refractivity contribution is 5.62. The summed E-state index contributed by atoms with van der Waals surface area (Å²) in [5, 5.41) is 10.6. The maximum Gasteiger partial charge on any atom is 0.421 e. The van der Waals surface area contributed by atoms with Gasteiger partial charge < -0.3 is 15.4 Å². The summed E-state index contributed by atoms with van der Waals surface area (Å²) in [4.78, 5) is 8.03. The molecule has 27 heavy (non-hydrogen) atoms. The first-order valence-corrected chi connectivity index (χ1v) is 9.10. The third kappa shape index (κ3) is 2.87. The molecule has 10 heteroatoms. The zero-order valence-corrected chi connectivity index (χ0v) is 14.7. The Morgan fingerprint density at radius 2 is 2.04 bits per heavy atom. The summed E-state index contributed by atoms with van der Waals surface area (Å²) >= 11 is 0. The number of nitrogens with zero attached hydrogens (tertiary/aromatic N) is 4. The molecule has 0 amide bonds. The van der Waals surface area contributed by atoms with Gasteiger partial charge in [-0.05, 0) is 32.6 Å². The van der Waals surface area contributed by atoms with E-state index in [4.69, 9.17) is 4.74 Å². The summed E-state index contributed by atoms with van der Waals surface area (Å²) in [7, 11) is 0. The van der Waals surface area contributed by atoms with E-state index in [9.17, 15) is 13.2 Å². The van der Waals surface area contributed by atoms with Crippen LogP contribution in [0, 0.1) is 12.8 Å². The van der Waals surface area contributed by atoms with Crippen LogP contribution in [0.2, 0.25) is 0 Å². The van der Waals surface area contributed by atoms with E-state index in [0.29, 0.717) is 18.2 Å². The normalized spacial score (nSPS) is 24.3. The van der Waals surface area contributed by atoms with Crippen molar-refractivity contribution in [3.05, 3.63) is 17.5 Å². The Kier molecular flexibility index (Phi) is 3.54. The molecule has 144 valence electrons. The van der Waals surface area contributed by atoms with Crippen LogP contribution < -0.4 is 15.4 Å². The second-order valence-electron chi connectivity index (χ2n) is 7.42. The molecule has 2 aliphatic carbocycles. The zero-order valence-electron chi connectivity index (χ0n) is 14.7. The Labute approximate surface area is 153 Å². The molecule has 2 fully saturated rings. The number of rotatable bonds is 1. The third-order valence-electron chi connectivity index (χ3n) is 5.43. The summed E-state index contributed by atoms with van der Waals surface area (Å²) in [6.45, 7) is 2.29. The molecule has 0 saturated heterocycles. The van der Waals surface area contributed by atoms with Crippen LogP contribution in [0.4, 0.5) is 30.8 Å². The fourth-order valence-corrected chi connectivity index (χ4v) is 3.59. The molecule has 0 spiro atoms. The molecule has 2 atom stereocenters. The average molecular weight is 380 g/mol. The first kappa shape index (κ1) is 16.6. The number of anilines is 3. The molecule has 7 nitrogen and oxygen atoms in total. The van der Waals surface area contributed by atoms with Crippen molar-refractivity contribution >= 4 is 17.6 Å². The van der Waals surface area contributed by atoms with Crippen molar-refractivity contribution in [2.75, 3.05) is 17.2 Å². The van der Waals surface area contributed by atoms with Crippen molar-refractivity contribution in [3.8, 4) is 5.75 Å². The highest BCUT2D eigenvalue weighted by Gasteiger charge is 2.39. The van der Waals surface area contributed by atoms with Gasteiger partial charge in [0, 0.05) is 18.2 Å². The van der Waals surface area contributed by atoms with Crippen LogP contribution in [0.5, 0.6) is 5.75 Å². The molecule has 2 aromatic heterocycles. The first-order valence-electron chi connectivity index (χ1n) is 9.10. The highest BCUT2D eigenvalue weighted by atomic mass is 19.4. The lowest BCUT2D eigenvalue weighted by Crippen LogP contribution is -2.42. The van der Waals surface area contributed by atoms with E-state index in [1.807, 2.05) is 11.6 Å². The Morgan fingerprint density at radius 1 is 1.22 bits per heavy atom. The van der Waals surface area contributed by atoms with E-state index in [1.165, 1.54) is 0 Å². The van der Waals surface area contributed by atoms with E-state index in [-0.39, 0.29) is 29.8 Å². The molecular formula is C17H19F3N6O. The Bertz CT molecular complexity index is 892. The van der Waals surface area contributed by atoms with Crippen LogP contribution in [-0.2, 0) is 6.18 Å². The Hall–Kier alpha value is -2.52. The molecular weight excluding hydrogens is 361 g/mol. The fraction of sp³-hybridized carbons (Fsp3) is 0.588. The minimum atomic E-state index is -4.52. The number of aromatic nitrogens is 4. The maximum atomic E-state index is 13.4. The lowest BCUT2D eigenvalue weighted by molar-refractivity contribution is -0.137. The van der Waals surface area contributed by atoms with Gasteiger partial charge >= 0.3 is 6.18 Å². The molecule has 2 saturated carbocycles. The Morgan fingerprint density at radius 3 is 2.70 bits per heavy atom. The predicted molar refractivity (Wildman–Crippen MR) is 91.2 cm³/mol. The van der Waals surface area contributed by atoms with Gasteiger partial charge in [0.2, 0.25) is 5.95 Å². The summed E-state index contributed by atoms with van der Waals surface area (Å²) in [5.74, 6) is 1.26. The lowest BCUT2D eigenvalue weighted by Gasteiger charge is -2.37. The van der Waals surface area contributed by atoms with Crippen molar-refractivity contribution < 1.29 is 17.9 Å². The van der Waals surface area contributed by atoms with Gasteiger partial charge in [-0.3, -0.25) is 0 Å². The minimum Gasteiger partial charge on any atom is -0.487 e. The molecule has 0 aromatic carbocycles. The van der Waals surface area contributed by atoms with Crippen LogP contribution >= 0.6 is 0 Å². The molecule has 2 bridgehead atoms. The molecule has 0 radical (unpaired) electrons. The van der Waals surface area contributed by atoms with Crippen LogP contribution in [0.25, 0.3) is 0 Å². The lowest BCUT2D eigenvalue weighted by atomic mass is 9.80. The summed E-state index contributed by atoms with van der Waals surface area (Å²) in [6, 6.07) is 0.173. The van der Waals surface area contributed by atoms with E-state index in [1.54, 1.807) is 0 Å². The van der Waals surface area contributed by atoms with Gasteiger partial charge in [-0.1, -0.05) is 0 Å². The second kappa shape index (κ2) is 5.74. The van der Waals surface area contributed by atoms with Gasteiger partial charge in [0.1, 0.15) is 17.1 Å². The summed E-state index contributed by atoms with van der Waals surface area (Å²) < 4.78 is 48.0. The number of aryl methyl sites for hydroxylation is 1. The van der Waals surface area contributed by atoms with Crippen molar-refractivity contribution in [3.63, 3.8) is 0 Å². The smallest absolute Gasteiger partial charge is 0.421 e. The molecule has 2 aromatic rings. The quantitative estimate of drug-likeness (QED) is 0.786. The fourth-order valence-electron chi connectivity index (χ4n) is 3.59. The predicted octanol–water partition coefficient (Wildman–Crippen LogP) is 3.66. The SMILES string of the molecule is Cc1nn(C2CC2)c2c1OC[C@H]1CC[C@@H]1Nc1nc(ncc1C(F)(F)F)N2. The molecule has 0 unspecified atom stereocenters. The third-order valence-corrected chi connectivity index (χ3v) is 5.43. The van der Waals surface area contributed by atoms with Crippen molar-refractivity contribution in [2.24, 2.45) is 5.92 Å². The number of alkyl halides is 3. The number of hydrogen-bond donors (Lipinski definition) is 2. The standard InChI is InChI=1S/C17H19F3N6O/c1-8-13-15(26(25-8)10-3-4-10)24-16-21-6-11(17(18,19)20)14(23-16)22-12-5-2-9(12)7-27-13/h6,9-10,12H,2-5,7H2,1H3,(H2,21,22,23,24)/t9-,12+/m1/s1. The van der Waals surface area contributed by atoms with Gasteiger partial charge in [-0.25, -0.2) is 9.67 Å². The van der Waals surface area contributed by atoms with Crippen LogP contribution in [-0.4, -0.2) is 32.4 Å². The van der Waals surface area contributed by atoms with Gasteiger partial charge in [0.05, 0.1) is 12.6 Å². The van der Waals surface area contributed by atoms with E-state index < -0.39 is 11.7 Å². The topological polar surface area (TPSA) is 76.9 Å².